The molecule has 1 saturated carbocycles. The van der Waals surface area contributed by atoms with Gasteiger partial charge in [-0.3, -0.25) is 0 Å². The van der Waals surface area contributed by atoms with E-state index in [0.29, 0.717) is 24.6 Å². The Morgan fingerprint density at radius 1 is 1.50 bits per heavy atom. The molecule has 0 heterocycles. The number of hydrogen-bond acceptors (Lipinski definition) is 2. The van der Waals surface area contributed by atoms with Crippen molar-refractivity contribution in [3.63, 3.8) is 0 Å². The van der Waals surface area contributed by atoms with Gasteiger partial charge in [-0.15, -0.1) is 0 Å². The molecule has 0 radical (unpaired) electrons. The van der Waals surface area contributed by atoms with Gasteiger partial charge < -0.3 is 10.4 Å². The van der Waals surface area contributed by atoms with Crippen molar-refractivity contribution in [2.45, 2.75) is 38.8 Å². The fraction of sp³-hybridized carbons (Fsp3) is 1.00. The molecule has 2 N–H and O–H groups in total. The molecule has 0 aliphatic heterocycles. The summed E-state index contributed by atoms with van der Waals surface area (Å²) in [6.45, 7) is 4.69. The van der Waals surface area contributed by atoms with Gasteiger partial charge in [-0.2, -0.15) is 0 Å². The van der Waals surface area contributed by atoms with E-state index < -0.39 is 0 Å². The summed E-state index contributed by atoms with van der Waals surface area (Å²) in [5.41, 5.74) is 0. The molecule has 1 aliphatic carbocycles. The maximum Gasteiger partial charge on any atom is 0.0460 e. The lowest BCUT2D eigenvalue weighted by Crippen LogP contribution is -2.45. The van der Waals surface area contributed by atoms with Crippen LogP contribution in [0.2, 0.25) is 0 Å². The summed E-state index contributed by atoms with van der Waals surface area (Å²) >= 11 is 0. The molecule has 0 aromatic carbocycles. The third kappa shape index (κ3) is 1.96. The lowest BCUT2D eigenvalue weighted by atomic mass is 9.80. The Labute approximate surface area is 62.6 Å². The highest BCUT2D eigenvalue weighted by atomic mass is 16.3. The van der Waals surface area contributed by atoms with Crippen molar-refractivity contribution < 1.29 is 5.11 Å². The zero-order valence-corrected chi connectivity index (χ0v) is 6.80. The topological polar surface area (TPSA) is 32.3 Å². The first-order chi connectivity index (χ1) is 4.72. The Bertz CT molecular complexity index is 97.4. The van der Waals surface area contributed by atoms with Crippen molar-refractivity contribution in [3.05, 3.63) is 0 Å². The van der Waals surface area contributed by atoms with E-state index in [2.05, 4.69) is 19.2 Å². The van der Waals surface area contributed by atoms with Gasteiger partial charge in [-0.05, 0) is 18.8 Å². The molecule has 0 spiro atoms. The van der Waals surface area contributed by atoms with Gasteiger partial charge in [-0.25, -0.2) is 0 Å². The summed E-state index contributed by atoms with van der Waals surface area (Å²) in [6, 6.07) is 1.27. The van der Waals surface area contributed by atoms with Crippen molar-refractivity contribution in [3.8, 4) is 0 Å². The van der Waals surface area contributed by atoms with E-state index in [4.69, 9.17) is 5.11 Å². The third-order valence-corrected chi connectivity index (χ3v) is 2.06. The molecule has 0 amide bonds. The van der Waals surface area contributed by atoms with Gasteiger partial charge in [0.1, 0.15) is 0 Å². The third-order valence-electron chi connectivity index (χ3n) is 2.06. The van der Waals surface area contributed by atoms with E-state index in [1.54, 1.807) is 0 Å². The quantitative estimate of drug-likeness (QED) is 0.611. The summed E-state index contributed by atoms with van der Waals surface area (Å²) < 4.78 is 0. The number of rotatable bonds is 3. The van der Waals surface area contributed by atoms with E-state index >= 15 is 0 Å². The zero-order chi connectivity index (χ0) is 7.56. The van der Waals surface area contributed by atoms with Crippen molar-refractivity contribution in [1.82, 2.24) is 5.32 Å². The molecule has 0 saturated heterocycles. The van der Waals surface area contributed by atoms with Gasteiger partial charge in [0.05, 0.1) is 0 Å². The first-order valence-electron chi connectivity index (χ1n) is 4.09. The van der Waals surface area contributed by atoms with Gasteiger partial charge >= 0.3 is 0 Å². The predicted octanol–water partition coefficient (Wildman–Crippen LogP) is 0.755. The van der Waals surface area contributed by atoms with Crippen molar-refractivity contribution in [1.29, 1.82) is 0 Å². The molecule has 1 aliphatic rings. The maximum absolute atomic E-state index is 8.71. The van der Waals surface area contributed by atoms with Crippen LogP contribution in [0.15, 0.2) is 0 Å². The molecule has 1 rings (SSSR count). The van der Waals surface area contributed by atoms with Crippen LogP contribution in [0.1, 0.15) is 26.7 Å². The molecule has 0 aromatic heterocycles. The van der Waals surface area contributed by atoms with Crippen molar-refractivity contribution in [2.24, 2.45) is 5.92 Å². The van der Waals surface area contributed by atoms with E-state index in [0.717, 1.165) is 12.8 Å². The number of aliphatic hydroxyl groups is 1. The molecule has 2 heteroatoms. The molecule has 1 fully saturated rings. The van der Waals surface area contributed by atoms with Gasteiger partial charge in [0.2, 0.25) is 0 Å². The average Bonchev–Trinajstić information content (AvgIpc) is 1.76. The van der Waals surface area contributed by atoms with Gasteiger partial charge in [-0.1, -0.05) is 13.8 Å². The van der Waals surface area contributed by atoms with E-state index in [1.807, 2.05) is 0 Å². The van der Waals surface area contributed by atoms with E-state index in [-0.39, 0.29) is 0 Å². The Balaban J connectivity index is 2.03. The van der Waals surface area contributed by atoms with Gasteiger partial charge in [0.15, 0.2) is 0 Å². The molecule has 0 atom stereocenters. The van der Waals surface area contributed by atoms with E-state index in [9.17, 15) is 0 Å². The van der Waals surface area contributed by atoms with Crippen LogP contribution in [0.5, 0.6) is 0 Å². The Kier molecular flexibility index (Phi) is 2.69. The molecule has 0 unspecified atom stereocenters. The fourth-order valence-corrected chi connectivity index (χ4v) is 1.49. The minimum atomic E-state index is 0.371. The highest BCUT2D eigenvalue weighted by Gasteiger charge is 2.27. The Hall–Kier alpha value is -0.0800. The molecule has 0 bridgehead atoms. The van der Waals surface area contributed by atoms with Crippen LogP contribution in [-0.2, 0) is 0 Å². The molecule has 2 nitrogen and oxygen atoms in total. The lowest BCUT2D eigenvalue weighted by Gasteiger charge is -2.36. The highest BCUT2D eigenvalue weighted by Crippen LogP contribution is 2.26. The van der Waals surface area contributed by atoms with Crippen LogP contribution in [0, 0.1) is 5.92 Å². The van der Waals surface area contributed by atoms with Crippen molar-refractivity contribution >= 4 is 0 Å². The second-order valence-corrected chi connectivity index (χ2v) is 3.54. The maximum atomic E-state index is 8.71. The van der Waals surface area contributed by atoms with Gasteiger partial charge in [0.25, 0.3) is 0 Å². The largest absolute Gasteiger partial charge is 0.396 e. The standard InChI is InChI=1S/C8H17NO/c1-6(2)9-8-3-7(4-8)5-10/h6-10H,3-5H2,1-2H3/t7-,8+. The van der Waals surface area contributed by atoms with Crippen LogP contribution in [0.3, 0.4) is 0 Å². The second-order valence-electron chi connectivity index (χ2n) is 3.54. The average molecular weight is 143 g/mol. The van der Waals surface area contributed by atoms with Crippen LogP contribution in [0.25, 0.3) is 0 Å². The predicted molar refractivity (Wildman–Crippen MR) is 41.9 cm³/mol. The second kappa shape index (κ2) is 3.35. The number of aliphatic hydroxyl groups excluding tert-OH is 1. The number of nitrogens with one attached hydrogen (secondary N) is 1. The Morgan fingerprint density at radius 3 is 2.50 bits per heavy atom. The summed E-state index contributed by atoms with van der Waals surface area (Å²) in [6.07, 6.45) is 2.32. The van der Waals surface area contributed by atoms with E-state index in [1.165, 1.54) is 0 Å². The van der Waals surface area contributed by atoms with Gasteiger partial charge in [0, 0.05) is 18.7 Å². The normalized spacial score (nSPS) is 32.4. The van der Waals surface area contributed by atoms with Crippen LogP contribution >= 0.6 is 0 Å². The first kappa shape index (κ1) is 8.02. The van der Waals surface area contributed by atoms with Crippen LogP contribution in [0.4, 0.5) is 0 Å². The first-order valence-corrected chi connectivity index (χ1v) is 4.09. The highest BCUT2D eigenvalue weighted by molar-refractivity contribution is 4.85. The zero-order valence-electron chi connectivity index (χ0n) is 6.80. The monoisotopic (exact) mass is 143 g/mol. The minimum absolute atomic E-state index is 0.371. The molecule has 0 aromatic rings. The fourth-order valence-electron chi connectivity index (χ4n) is 1.49. The number of hydrogen-bond donors (Lipinski definition) is 2. The molecule has 60 valence electrons. The summed E-state index contributed by atoms with van der Waals surface area (Å²) in [4.78, 5) is 0. The summed E-state index contributed by atoms with van der Waals surface area (Å²) in [5, 5.41) is 12.1. The molecular weight excluding hydrogens is 126 g/mol. The SMILES string of the molecule is CC(C)N[C@H]1C[C@@H](CO)C1. The van der Waals surface area contributed by atoms with Crippen molar-refractivity contribution in [2.75, 3.05) is 6.61 Å². The van der Waals surface area contributed by atoms with Crippen LogP contribution in [-0.4, -0.2) is 23.8 Å². The summed E-state index contributed by atoms with van der Waals surface area (Å²) in [7, 11) is 0. The minimum Gasteiger partial charge on any atom is -0.396 e. The lowest BCUT2D eigenvalue weighted by molar-refractivity contribution is 0.123. The molecular formula is C8H17NO. The van der Waals surface area contributed by atoms with Crippen LogP contribution < -0.4 is 5.32 Å². The summed E-state index contributed by atoms with van der Waals surface area (Å²) in [5.74, 6) is 0.580. The Morgan fingerprint density at radius 2 is 2.10 bits per heavy atom. The smallest absolute Gasteiger partial charge is 0.0460 e. The molecule has 10 heavy (non-hydrogen) atoms.